The summed E-state index contributed by atoms with van der Waals surface area (Å²) in [6, 6.07) is 15.6. The minimum atomic E-state index is 0.0715. The first-order valence-electron chi connectivity index (χ1n) is 8.84. The van der Waals surface area contributed by atoms with Crippen molar-refractivity contribution in [2.45, 2.75) is 12.8 Å². The van der Waals surface area contributed by atoms with Crippen LogP contribution in [0.2, 0.25) is 0 Å². The van der Waals surface area contributed by atoms with Crippen LogP contribution in [0.5, 0.6) is 5.75 Å². The summed E-state index contributed by atoms with van der Waals surface area (Å²) in [6.07, 6.45) is 3.84. The van der Waals surface area contributed by atoms with Gasteiger partial charge in [-0.25, -0.2) is 4.98 Å². The van der Waals surface area contributed by atoms with Gasteiger partial charge in [-0.3, -0.25) is 4.79 Å². The summed E-state index contributed by atoms with van der Waals surface area (Å²) in [5, 5.41) is 5.21. The van der Waals surface area contributed by atoms with Crippen LogP contribution in [-0.2, 0) is 0 Å². The lowest BCUT2D eigenvalue weighted by molar-refractivity contribution is 0.0794. The molecule has 0 spiro atoms. The quantitative estimate of drug-likeness (QED) is 0.768. The third-order valence-corrected chi connectivity index (χ3v) is 4.77. The van der Waals surface area contributed by atoms with E-state index in [2.05, 4.69) is 10.3 Å². The first-order valence-corrected chi connectivity index (χ1v) is 8.84. The van der Waals surface area contributed by atoms with E-state index >= 15 is 0 Å². The number of carbonyl (C=O) groups is 1. The number of amides is 1. The lowest BCUT2D eigenvalue weighted by Gasteiger charge is -2.17. The molecule has 26 heavy (non-hydrogen) atoms. The molecule has 2 aromatic carbocycles. The highest BCUT2D eigenvalue weighted by atomic mass is 16.5. The second-order valence-electron chi connectivity index (χ2n) is 6.42. The maximum absolute atomic E-state index is 12.9. The zero-order valence-electron chi connectivity index (χ0n) is 14.7. The van der Waals surface area contributed by atoms with Crippen molar-refractivity contribution in [3.05, 3.63) is 60.3 Å². The van der Waals surface area contributed by atoms with Crippen LogP contribution in [0.25, 0.3) is 10.8 Å². The number of nitrogens with zero attached hydrogens (tertiary/aromatic N) is 2. The third kappa shape index (κ3) is 3.08. The fourth-order valence-electron chi connectivity index (χ4n) is 3.36. The van der Waals surface area contributed by atoms with Crippen molar-refractivity contribution in [1.82, 2.24) is 9.88 Å². The van der Waals surface area contributed by atoms with Crippen molar-refractivity contribution in [2.75, 3.05) is 25.5 Å². The molecule has 0 unspecified atom stereocenters. The van der Waals surface area contributed by atoms with Crippen molar-refractivity contribution in [1.29, 1.82) is 0 Å². The van der Waals surface area contributed by atoms with Crippen LogP contribution in [0.4, 0.5) is 11.5 Å². The molecule has 1 aliphatic rings. The summed E-state index contributed by atoms with van der Waals surface area (Å²) in [4.78, 5) is 19.3. The molecular weight excluding hydrogens is 326 g/mol. The Hall–Kier alpha value is -3.08. The average Bonchev–Trinajstić information content (AvgIpc) is 3.23. The summed E-state index contributed by atoms with van der Waals surface area (Å²) in [5.41, 5.74) is 1.59. The van der Waals surface area contributed by atoms with E-state index in [1.807, 2.05) is 53.4 Å². The van der Waals surface area contributed by atoms with E-state index in [0.29, 0.717) is 5.56 Å². The molecule has 2 heterocycles. The van der Waals surface area contributed by atoms with Crippen LogP contribution in [0.3, 0.4) is 0 Å². The van der Waals surface area contributed by atoms with Crippen molar-refractivity contribution in [3.8, 4) is 5.75 Å². The summed E-state index contributed by atoms with van der Waals surface area (Å²) in [7, 11) is 1.65. The Labute approximate surface area is 152 Å². The fourth-order valence-corrected chi connectivity index (χ4v) is 3.36. The Bertz CT molecular complexity index is 932. The molecule has 1 N–H and O–H groups in total. The van der Waals surface area contributed by atoms with Crippen molar-refractivity contribution in [3.63, 3.8) is 0 Å². The Morgan fingerprint density at radius 3 is 2.42 bits per heavy atom. The van der Waals surface area contributed by atoms with Crippen LogP contribution in [0.1, 0.15) is 23.2 Å². The molecular formula is C21H21N3O2. The largest absolute Gasteiger partial charge is 0.497 e. The molecule has 0 bridgehead atoms. The number of hydrogen-bond acceptors (Lipinski definition) is 4. The van der Waals surface area contributed by atoms with E-state index in [1.165, 1.54) is 0 Å². The predicted octanol–water partition coefficient (Wildman–Crippen LogP) is 4.22. The zero-order valence-corrected chi connectivity index (χ0v) is 14.7. The monoisotopic (exact) mass is 347 g/mol. The van der Waals surface area contributed by atoms with Gasteiger partial charge in [0.15, 0.2) is 0 Å². The van der Waals surface area contributed by atoms with Crippen LogP contribution in [0, 0.1) is 0 Å². The maximum atomic E-state index is 12.9. The number of fused-ring (bicyclic) bond motifs is 1. The number of aromatic nitrogens is 1. The van der Waals surface area contributed by atoms with Gasteiger partial charge in [-0.15, -0.1) is 0 Å². The van der Waals surface area contributed by atoms with Gasteiger partial charge in [0.2, 0.25) is 0 Å². The molecule has 132 valence electrons. The van der Waals surface area contributed by atoms with E-state index in [1.54, 1.807) is 13.3 Å². The lowest BCUT2D eigenvalue weighted by Crippen LogP contribution is -2.27. The maximum Gasteiger partial charge on any atom is 0.256 e. The van der Waals surface area contributed by atoms with Gasteiger partial charge in [0, 0.05) is 30.4 Å². The van der Waals surface area contributed by atoms with E-state index < -0.39 is 0 Å². The standard InChI is InChI=1S/C21H21N3O2/c1-26-16-10-8-15(9-11-16)23-20-18-7-3-2-6-17(18)19(14-22-20)21(25)24-12-4-5-13-24/h2-3,6-11,14H,4-5,12-13H2,1H3,(H,22,23). The van der Waals surface area contributed by atoms with Crippen LogP contribution in [0.15, 0.2) is 54.7 Å². The Morgan fingerprint density at radius 1 is 1.04 bits per heavy atom. The van der Waals surface area contributed by atoms with Gasteiger partial charge in [-0.1, -0.05) is 24.3 Å². The first-order chi connectivity index (χ1) is 12.8. The van der Waals surface area contributed by atoms with Crippen LogP contribution in [-0.4, -0.2) is 36.0 Å². The molecule has 1 fully saturated rings. The molecule has 0 aliphatic carbocycles. The number of rotatable bonds is 4. The van der Waals surface area contributed by atoms with Crippen molar-refractivity contribution >= 4 is 28.2 Å². The topological polar surface area (TPSA) is 54.5 Å². The first kappa shape index (κ1) is 16.4. The molecule has 0 saturated carbocycles. The van der Waals surface area contributed by atoms with E-state index in [0.717, 1.165) is 54.0 Å². The summed E-state index contributed by atoms with van der Waals surface area (Å²) < 4.78 is 5.19. The van der Waals surface area contributed by atoms with Gasteiger partial charge in [-0.2, -0.15) is 0 Å². The van der Waals surface area contributed by atoms with Gasteiger partial charge in [0.05, 0.1) is 12.7 Å². The minimum Gasteiger partial charge on any atom is -0.497 e. The number of anilines is 2. The van der Waals surface area contributed by atoms with Gasteiger partial charge >= 0.3 is 0 Å². The SMILES string of the molecule is COc1ccc(Nc2ncc(C(=O)N3CCCC3)c3ccccc23)cc1. The summed E-state index contributed by atoms with van der Waals surface area (Å²) in [5.74, 6) is 1.62. The second-order valence-corrected chi connectivity index (χ2v) is 6.42. The molecule has 3 aromatic rings. The number of benzene rings is 2. The highest BCUT2D eigenvalue weighted by molar-refractivity contribution is 6.09. The van der Waals surface area contributed by atoms with E-state index in [-0.39, 0.29) is 5.91 Å². The van der Waals surface area contributed by atoms with Crippen LogP contribution < -0.4 is 10.1 Å². The number of pyridine rings is 1. The van der Waals surface area contributed by atoms with Gasteiger partial charge in [-0.05, 0) is 42.5 Å². The van der Waals surface area contributed by atoms with Gasteiger partial charge in [0.25, 0.3) is 5.91 Å². The smallest absolute Gasteiger partial charge is 0.256 e. The molecule has 1 aromatic heterocycles. The lowest BCUT2D eigenvalue weighted by atomic mass is 10.1. The van der Waals surface area contributed by atoms with Crippen molar-refractivity contribution < 1.29 is 9.53 Å². The Morgan fingerprint density at radius 2 is 1.73 bits per heavy atom. The number of methoxy groups -OCH3 is 1. The van der Waals surface area contributed by atoms with Crippen LogP contribution >= 0.6 is 0 Å². The van der Waals surface area contributed by atoms with Crippen molar-refractivity contribution in [2.24, 2.45) is 0 Å². The van der Waals surface area contributed by atoms with E-state index in [4.69, 9.17) is 4.74 Å². The Kier molecular flexibility index (Phi) is 4.44. The molecule has 5 heteroatoms. The third-order valence-electron chi connectivity index (χ3n) is 4.77. The molecule has 1 amide bonds. The molecule has 5 nitrogen and oxygen atoms in total. The fraction of sp³-hybridized carbons (Fsp3) is 0.238. The number of hydrogen-bond donors (Lipinski definition) is 1. The Balaban J connectivity index is 1.70. The van der Waals surface area contributed by atoms with E-state index in [9.17, 15) is 4.79 Å². The normalized spacial score (nSPS) is 13.8. The number of ether oxygens (including phenoxy) is 1. The molecule has 4 rings (SSSR count). The van der Waals surface area contributed by atoms with Gasteiger partial charge in [0.1, 0.15) is 11.6 Å². The average molecular weight is 347 g/mol. The molecule has 1 aliphatic heterocycles. The number of carbonyl (C=O) groups excluding carboxylic acids is 1. The molecule has 0 radical (unpaired) electrons. The summed E-state index contributed by atoms with van der Waals surface area (Å²) in [6.45, 7) is 1.66. The number of nitrogens with one attached hydrogen (secondary N) is 1. The summed E-state index contributed by atoms with van der Waals surface area (Å²) >= 11 is 0. The highest BCUT2D eigenvalue weighted by Crippen LogP contribution is 2.29. The highest BCUT2D eigenvalue weighted by Gasteiger charge is 2.22. The second kappa shape index (κ2) is 7.04. The zero-order chi connectivity index (χ0) is 17.9. The molecule has 0 atom stereocenters. The molecule has 1 saturated heterocycles. The predicted molar refractivity (Wildman–Crippen MR) is 103 cm³/mol. The van der Waals surface area contributed by atoms with Gasteiger partial charge < -0.3 is 15.0 Å². The number of likely N-dealkylation sites (tertiary alicyclic amines) is 1. The minimum absolute atomic E-state index is 0.0715.